The van der Waals surface area contributed by atoms with E-state index in [-0.39, 0.29) is 53.8 Å². The molecule has 2 aliphatic heterocycles. The average molecular weight is 733 g/mol. The summed E-state index contributed by atoms with van der Waals surface area (Å²) in [5, 5.41) is 11.5. The third kappa shape index (κ3) is 8.80. The lowest BCUT2D eigenvalue weighted by Crippen LogP contribution is -2.62. The smallest absolute Gasteiger partial charge is 0.315 e. The van der Waals surface area contributed by atoms with E-state index < -0.39 is 63.2 Å². The zero-order chi connectivity index (χ0) is 37.3. The van der Waals surface area contributed by atoms with Crippen molar-refractivity contribution in [3.8, 4) is 0 Å². The molecule has 51 heavy (non-hydrogen) atoms. The molecule has 3 aliphatic carbocycles. The number of fused-ring (bicyclic) bond motifs is 1. The summed E-state index contributed by atoms with van der Waals surface area (Å²) in [6.07, 6.45) is 9.72. The molecule has 5 rings (SSSR count). The number of Topliss-reactive ketones (excluding diaryl/α,β-unsaturated/α-hetero) is 1. The Morgan fingerprint density at radius 2 is 1.63 bits per heavy atom. The Labute approximate surface area is 303 Å². The highest BCUT2D eigenvalue weighted by molar-refractivity contribution is 7.89. The summed E-state index contributed by atoms with van der Waals surface area (Å²) < 4.78 is 26.7. The topological polar surface area (TPSA) is 174 Å². The van der Waals surface area contributed by atoms with Gasteiger partial charge in [-0.25, -0.2) is 13.2 Å². The molecule has 0 bridgehead atoms. The van der Waals surface area contributed by atoms with Crippen molar-refractivity contribution in [1.29, 1.82) is 0 Å². The fraction of sp³-hybridized carbons (Fsp3) is 0.811. The van der Waals surface area contributed by atoms with Crippen LogP contribution in [0.15, 0.2) is 12.7 Å². The fourth-order valence-corrected chi connectivity index (χ4v) is 10.3. The minimum atomic E-state index is -3.38. The molecule has 5 fully saturated rings. The van der Waals surface area contributed by atoms with Gasteiger partial charge in [0.05, 0.1) is 11.8 Å². The maximum absolute atomic E-state index is 14.7. The number of urea groups is 1. The zero-order valence-corrected chi connectivity index (χ0v) is 32.0. The predicted molar refractivity (Wildman–Crippen MR) is 194 cm³/mol. The number of sulfonamides is 1. The quantitative estimate of drug-likeness (QED) is 0.157. The van der Waals surface area contributed by atoms with Crippen LogP contribution in [0.2, 0.25) is 0 Å². The highest BCUT2D eigenvalue weighted by Gasteiger charge is 2.69. The predicted octanol–water partition coefficient (Wildman–Crippen LogP) is 2.71. The zero-order valence-electron chi connectivity index (χ0n) is 31.2. The first-order valence-electron chi connectivity index (χ1n) is 19.0. The van der Waals surface area contributed by atoms with E-state index in [1.165, 1.54) is 10.4 Å². The van der Waals surface area contributed by atoms with E-state index in [4.69, 9.17) is 0 Å². The molecule has 0 aromatic heterocycles. The molecule has 6 atom stereocenters. The van der Waals surface area contributed by atoms with E-state index in [0.29, 0.717) is 25.9 Å². The fourth-order valence-electron chi connectivity index (χ4n) is 8.78. The summed E-state index contributed by atoms with van der Waals surface area (Å²) in [5.74, 6) is -2.07. The largest absolute Gasteiger partial charge is 0.346 e. The van der Waals surface area contributed by atoms with E-state index in [9.17, 15) is 32.4 Å². The lowest BCUT2D eigenvalue weighted by Gasteiger charge is -2.38. The van der Waals surface area contributed by atoms with Gasteiger partial charge < -0.3 is 26.2 Å². The number of piperidine rings is 1. The molecule has 3 saturated carbocycles. The van der Waals surface area contributed by atoms with Gasteiger partial charge in [0, 0.05) is 32.2 Å². The van der Waals surface area contributed by atoms with Crippen molar-refractivity contribution in [2.75, 3.05) is 31.9 Å². The maximum atomic E-state index is 14.7. The number of carbonyl (C=O) groups is 5. The van der Waals surface area contributed by atoms with E-state index in [0.717, 1.165) is 51.4 Å². The number of nitrogens with one attached hydrogen (secondary N) is 4. The second kappa shape index (κ2) is 15.5. The lowest BCUT2D eigenvalue weighted by molar-refractivity contribution is -0.145. The van der Waals surface area contributed by atoms with Gasteiger partial charge >= 0.3 is 6.03 Å². The number of likely N-dealkylation sites (tertiary alicyclic amines) is 1. The van der Waals surface area contributed by atoms with Gasteiger partial charge in [0.15, 0.2) is 0 Å². The number of hydrogen-bond acceptors (Lipinski definition) is 7. The number of amides is 5. The first kappa shape index (κ1) is 39.2. The Kier molecular flexibility index (Phi) is 11.9. The Balaban J connectivity index is 1.35. The minimum Gasteiger partial charge on any atom is -0.346 e. The van der Waals surface area contributed by atoms with Crippen LogP contribution in [0, 0.1) is 34.5 Å². The van der Waals surface area contributed by atoms with Crippen molar-refractivity contribution in [3.63, 3.8) is 0 Å². The molecule has 13 nitrogen and oxygen atoms in total. The molecule has 2 unspecified atom stereocenters. The summed E-state index contributed by atoms with van der Waals surface area (Å²) in [4.78, 5) is 70.3. The van der Waals surface area contributed by atoms with Gasteiger partial charge in [0.1, 0.15) is 12.1 Å². The van der Waals surface area contributed by atoms with Crippen molar-refractivity contribution < 1.29 is 32.4 Å². The summed E-state index contributed by atoms with van der Waals surface area (Å²) in [6.45, 7) is 14.6. The van der Waals surface area contributed by atoms with Crippen LogP contribution in [-0.2, 0) is 29.2 Å². The van der Waals surface area contributed by atoms with E-state index >= 15 is 0 Å². The van der Waals surface area contributed by atoms with Crippen LogP contribution in [0.25, 0.3) is 0 Å². The molecular formula is C37H60N6O7S. The number of hydrogen-bond donors (Lipinski definition) is 4. The normalized spacial score (nSPS) is 27.6. The Morgan fingerprint density at radius 3 is 2.20 bits per heavy atom. The Morgan fingerprint density at radius 1 is 0.941 bits per heavy atom. The van der Waals surface area contributed by atoms with Crippen LogP contribution in [-0.4, -0.2) is 103 Å². The third-order valence-corrected chi connectivity index (χ3v) is 14.4. The average Bonchev–Trinajstić information content (AvgIpc) is 3.34. The molecule has 0 radical (unpaired) electrons. The van der Waals surface area contributed by atoms with E-state index in [1.807, 2.05) is 20.8 Å². The van der Waals surface area contributed by atoms with Gasteiger partial charge in [-0.2, -0.15) is 4.31 Å². The van der Waals surface area contributed by atoms with Gasteiger partial charge in [-0.15, -0.1) is 6.58 Å². The van der Waals surface area contributed by atoms with Crippen molar-refractivity contribution in [2.24, 2.45) is 34.5 Å². The van der Waals surface area contributed by atoms with Crippen LogP contribution in [0.3, 0.4) is 0 Å². The second-order valence-corrected chi connectivity index (χ2v) is 19.4. The van der Waals surface area contributed by atoms with Gasteiger partial charge in [0.2, 0.25) is 27.6 Å². The van der Waals surface area contributed by atoms with Crippen molar-refractivity contribution in [3.05, 3.63) is 12.7 Å². The summed E-state index contributed by atoms with van der Waals surface area (Å²) in [6, 6.07) is -3.78. The highest BCUT2D eigenvalue weighted by atomic mass is 32.2. The van der Waals surface area contributed by atoms with Gasteiger partial charge in [-0.3, -0.25) is 19.2 Å². The summed E-state index contributed by atoms with van der Waals surface area (Å²) in [7, 11) is -3.38. The van der Waals surface area contributed by atoms with Crippen LogP contribution < -0.4 is 21.3 Å². The molecule has 2 saturated heterocycles. The minimum absolute atomic E-state index is 0.0855. The number of ketones is 1. The standard InChI is InChI=1S/C37H60N6O7S/c1-7-17-38-33(46)31(44)26(20-23-13-11-14-23)39-32(45)30-28-25(37(28,5)6)21-43(30)34(47)29(24-15-9-8-10-16-24)41-35(48)40-27(36(2,3)4)22-42-18-12-19-51(42,49)50/h7,23-30H,1,8-22H2,2-6H3,(H,38,46)(H,39,45)(H2,40,41,48)/t25?,26?,27-,28+,29+,30+/m1/s1. The first-order chi connectivity index (χ1) is 24.0. The number of nitrogens with zero attached hydrogens (tertiary/aromatic N) is 2. The number of rotatable bonds is 14. The van der Waals surface area contributed by atoms with Gasteiger partial charge in [-0.05, 0) is 60.2 Å². The Hall–Kier alpha value is -3.00. The summed E-state index contributed by atoms with van der Waals surface area (Å²) >= 11 is 0. The molecule has 286 valence electrons. The monoisotopic (exact) mass is 732 g/mol. The van der Waals surface area contributed by atoms with Crippen LogP contribution >= 0.6 is 0 Å². The molecule has 0 spiro atoms. The SMILES string of the molecule is C=CCNC(=O)C(=O)C(CC1CCC1)NC(=O)[C@@H]1[C@@H]2C(CN1C(=O)[C@@H](NC(=O)N[C@H](CN1CCCS1(=O)=O)C(C)(C)C)C1CCCCC1)C2(C)C. The molecule has 5 aliphatic rings. The van der Waals surface area contributed by atoms with Crippen molar-refractivity contribution >= 4 is 39.6 Å². The third-order valence-electron chi connectivity index (χ3n) is 12.4. The van der Waals surface area contributed by atoms with E-state index in [2.05, 4.69) is 41.7 Å². The molecule has 2 heterocycles. The van der Waals surface area contributed by atoms with Crippen molar-refractivity contribution in [2.45, 2.75) is 123 Å². The molecular weight excluding hydrogens is 673 g/mol. The van der Waals surface area contributed by atoms with Crippen LogP contribution in [0.4, 0.5) is 4.79 Å². The molecule has 14 heteroatoms. The maximum Gasteiger partial charge on any atom is 0.315 e. The summed E-state index contributed by atoms with van der Waals surface area (Å²) in [5.41, 5.74) is -0.657. The first-order valence-corrected chi connectivity index (χ1v) is 20.6. The van der Waals surface area contributed by atoms with Crippen LogP contribution in [0.1, 0.15) is 98.8 Å². The van der Waals surface area contributed by atoms with Crippen molar-refractivity contribution in [1.82, 2.24) is 30.5 Å². The molecule has 5 amide bonds. The number of carbonyl (C=O) groups excluding carboxylic acids is 5. The van der Waals surface area contributed by atoms with Gasteiger partial charge in [-0.1, -0.05) is 79.2 Å². The van der Waals surface area contributed by atoms with E-state index in [1.54, 1.807) is 4.90 Å². The molecule has 0 aromatic carbocycles. The van der Waals surface area contributed by atoms with Gasteiger partial charge in [0.25, 0.3) is 5.91 Å². The molecule has 0 aromatic rings. The lowest BCUT2D eigenvalue weighted by atomic mass is 9.80. The molecule has 4 N–H and O–H groups in total. The Bertz CT molecular complexity index is 1470. The van der Waals surface area contributed by atoms with Crippen LogP contribution in [0.5, 0.6) is 0 Å². The highest BCUT2D eigenvalue weighted by Crippen LogP contribution is 2.65. The second-order valence-electron chi connectivity index (χ2n) is 17.3.